The number of aromatic nitrogens is 2. The maximum Gasteiger partial charge on any atom is 0.161 e. The molecular formula is C15H25N3O. The fourth-order valence-electron chi connectivity index (χ4n) is 4.12. The maximum absolute atomic E-state index is 5.53. The Morgan fingerprint density at radius 2 is 2.21 bits per heavy atom. The molecule has 2 fully saturated rings. The summed E-state index contributed by atoms with van der Waals surface area (Å²) in [6, 6.07) is 0.402. The fraction of sp³-hybridized carbons (Fsp3) is 0.800. The van der Waals surface area contributed by atoms with Gasteiger partial charge in [0.2, 0.25) is 0 Å². The molecule has 1 aromatic heterocycles. The first kappa shape index (κ1) is 13.0. The highest BCUT2D eigenvalue weighted by Gasteiger charge is 2.56. The minimum absolute atomic E-state index is 0.402. The van der Waals surface area contributed by atoms with Crippen molar-refractivity contribution in [3.63, 3.8) is 0 Å². The van der Waals surface area contributed by atoms with Crippen molar-refractivity contribution in [2.45, 2.75) is 45.2 Å². The standard InChI is InChI=1S/C15H25N3O/c1-4-8-18-15(12(19-3)9-17-18)14(16-2)13-10-6-5-7-11(10)13/h9-11,13-14,16H,4-8H2,1-3H3. The van der Waals surface area contributed by atoms with Crippen LogP contribution in [0.25, 0.3) is 0 Å². The highest BCUT2D eigenvalue weighted by molar-refractivity contribution is 5.31. The van der Waals surface area contributed by atoms with Crippen molar-refractivity contribution >= 4 is 0 Å². The molecule has 3 atom stereocenters. The number of ether oxygens (including phenoxy) is 1. The molecule has 19 heavy (non-hydrogen) atoms. The Hall–Kier alpha value is -1.03. The third-order valence-corrected chi connectivity index (χ3v) is 4.96. The van der Waals surface area contributed by atoms with E-state index in [4.69, 9.17) is 4.74 Å². The summed E-state index contributed by atoms with van der Waals surface area (Å²) < 4.78 is 7.66. The summed E-state index contributed by atoms with van der Waals surface area (Å²) in [7, 11) is 3.82. The van der Waals surface area contributed by atoms with Crippen molar-refractivity contribution in [1.29, 1.82) is 0 Å². The Kier molecular flexibility index (Phi) is 3.52. The molecule has 0 radical (unpaired) electrons. The first-order valence-corrected chi connectivity index (χ1v) is 7.58. The van der Waals surface area contributed by atoms with Crippen LogP contribution in [0, 0.1) is 17.8 Å². The summed E-state index contributed by atoms with van der Waals surface area (Å²) in [4.78, 5) is 0. The van der Waals surface area contributed by atoms with Crippen LogP contribution in [0.1, 0.15) is 44.3 Å². The molecule has 106 valence electrons. The Balaban J connectivity index is 1.87. The number of nitrogens with zero attached hydrogens (tertiary/aromatic N) is 2. The van der Waals surface area contributed by atoms with Crippen LogP contribution < -0.4 is 10.1 Å². The third kappa shape index (κ3) is 2.06. The van der Waals surface area contributed by atoms with E-state index in [1.54, 1.807) is 7.11 Å². The Morgan fingerprint density at radius 3 is 2.79 bits per heavy atom. The predicted octanol–water partition coefficient (Wildman–Crippen LogP) is 2.61. The lowest BCUT2D eigenvalue weighted by atomic mass is 10.0. The number of fused-ring (bicyclic) bond motifs is 1. The minimum atomic E-state index is 0.402. The van der Waals surface area contributed by atoms with E-state index < -0.39 is 0 Å². The monoisotopic (exact) mass is 263 g/mol. The summed E-state index contributed by atoms with van der Waals surface area (Å²) in [5.74, 6) is 3.61. The lowest BCUT2D eigenvalue weighted by Crippen LogP contribution is -2.24. The lowest BCUT2D eigenvalue weighted by Gasteiger charge is -2.21. The van der Waals surface area contributed by atoms with Gasteiger partial charge >= 0.3 is 0 Å². The van der Waals surface area contributed by atoms with E-state index in [2.05, 4.69) is 29.1 Å². The highest BCUT2D eigenvalue weighted by Crippen LogP contribution is 2.62. The van der Waals surface area contributed by atoms with Crippen LogP contribution in [0.4, 0.5) is 0 Å². The molecule has 4 heteroatoms. The van der Waals surface area contributed by atoms with E-state index in [9.17, 15) is 0 Å². The second kappa shape index (κ2) is 5.16. The van der Waals surface area contributed by atoms with Crippen LogP contribution in [0.5, 0.6) is 5.75 Å². The van der Waals surface area contributed by atoms with Gasteiger partial charge in [-0.25, -0.2) is 0 Å². The number of rotatable bonds is 6. The second-order valence-electron chi connectivity index (χ2n) is 5.92. The van der Waals surface area contributed by atoms with Crippen molar-refractivity contribution < 1.29 is 4.74 Å². The number of methoxy groups -OCH3 is 1. The zero-order valence-electron chi connectivity index (χ0n) is 12.2. The number of aryl methyl sites for hydroxylation is 1. The van der Waals surface area contributed by atoms with Crippen molar-refractivity contribution in [3.05, 3.63) is 11.9 Å². The summed E-state index contributed by atoms with van der Waals surface area (Å²) in [6.45, 7) is 3.16. The van der Waals surface area contributed by atoms with Gasteiger partial charge in [0.05, 0.1) is 25.0 Å². The molecule has 1 N–H and O–H groups in total. The van der Waals surface area contributed by atoms with Gasteiger partial charge in [-0.3, -0.25) is 4.68 Å². The van der Waals surface area contributed by atoms with Crippen molar-refractivity contribution in [2.75, 3.05) is 14.2 Å². The molecule has 0 saturated heterocycles. The molecule has 3 unspecified atom stereocenters. The molecule has 2 saturated carbocycles. The molecule has 0 bridgehead atoms. The van der Waals surface area contributed by atoms with Gasteiger partial charge in [0.25, 0.3) is 0 Å². The molecule has 0 amide bonds. The number of hydrogen-bond acceptors (Lipinski definition) is 3. The largest absolute Gasteiger partial charge is 0.493 e. The predicted molar refractivity (Wildman–Crippen MR) is 75.2 cm³/mol. The van der Waals surface area contributed by atoms with Gasteiger partial charge in [-0.2, -0.15) is 5.10 Å². The first-order chi connectivity index (χ1) is 9.31. The molecule has 1 aromatic rings. The summed E-state index contributed by atoms with van der Waals surface area (Å²) in [5.41, 5.74) is 1.26. The Morgan fingerprint density at radius 1 is 1.47 bits per heavy atom. The van der Waals surface area contributed by atoms with Gasteiger partial charge in [0.1, 0.15) is 0 Å². The second-order valence-corrected chi connectivity index (χ2v) is 5.92. The molecule has 2 aliphatic rings. The van der Waals surface area contributed by atoms with Gasteiger partial charge in [-0.15, -0.1) is 0 Å². The van der Waals surface area contributed by atoms with E-state index in [1.807, 2.05) is 6.20 Å². The third-order valence-electron chi connectivity index (χ3n) is 4.96. The quantitative estimate of drug-likeness (QED) is 0.857. The average molecular weight is 263 g/mol. The van der Waals surface area contributed by atoms with Gasteiger partial charge in [-0.1, -0.05) is 13.3 Å². The van der Waals surface area contributed by atoms with Crippen LogP contribution in [0.2, 0.25) is 0 Å². The van der Waals surface area contributed by atoms with Crippen LogP contribution in [0.3, 0.4) is 0 Å². The normalized spacial score (nSPS) is 30.2. The van der Waals surface area contributed by atoms with E-state index >= 15 is 0 Å². The number of nitrogens with one attached hydrogen (secondary N) is 1. The molecule has 0 aliphatic heterocycles. The van der Waals surface area contributed by atoms with Crippen molar-refractivity contribution in [1.82, 2.24) is 15.1 Å². The molecule has 0 spiro atoms. The Bertz CT molecular complexity index is 433. The average Bonchev–Trinajstić information content (AvgIpc) is 2.82. The van der Waals surface area contributed by atoms with Gasteiger partial charge in [0.15, 0.2) is 5.75 Å². The van der Waals surface area contributed by atoms with Crippen LogP contribution >= 0.6 is 0 Å². The van der Waals surface area contributed by atoms with Crippen LogP contribution in [-0.4, -0.2) is 23.9 Å². The van der Waals surface area contributed by atoms with E-state index in [1.165, 1.54) is 25.0 Å². The summed E-state index contributed by atoms with van der Waals surface area (Å²) in [5, 5.41) is 8.03. The molecular weight excluding hydrogens is 238 g/mol. The molecule has 1 heterocycles. The van der Waals surface area contributed by atoms with Crippen molar-refractivity contribution in [3.8, 4) is 5.75 Å². The van der Waals surface area contributed by atoms with Gasteiger partial charge < -0.3 is 10.1 Å². The van der Waals surface area contributed by atoms with E-state index in [0.29, 0.717) is 6.04 Å². The maximum atomic E-state index is 5.53. The molecule has 2 aliphatic carbocycles. The fourth-order valence-corrected chi connectivity index (χ4v) is 4.12. The Labute approximate surface area is 115 Å². The van der Waals surface area contributed by atoms with Crippen molar-refractivity contribution in [2.24, 2.45) is 17.8 Å². The van der Waals surface area contributed by atoms with Gasteiger partial charge in [0, 0.05) is 6.54 Å². The van der Waals surface area contributed by atoms with Crippen LogP contribution in [-0.2, 0) is 6.54 Å². The van der Waals surface area contributed by atoms with E-state index in [-0.39, 0.29) is 0 Å². The molecule has 4 nitrogen and oxygen atoms in total. The zero-order valence-corrected chi connectivity index (χ0v) is 12.2. The lowest BCUT2D eigenvalue weighted by molar-refractivity contribution is 0.368. The highest BCUT2D eigenvalue weighted by atomic mass is 16.5. The number of hydrogen-bond donors (Lipinski definition) is 1. The summed E-state index contributed by atoms with van der Waals surface area (Å²) >= 11 is 0. The topological polar surface area (TPSA) is 39.1 Å². The van der Waals surface area contributed by atoms with E-state index in [0.717, 1.165) is 36.5 Å². The molecule has 3 rings (SSSR count). The summed E-state index contributed by atoms with van der Waals surface area (Å²) in [6.07, 6.45) is 7.22. The first-order valence-electron chi connectivity index (χ1n) is 7.58. The molecule has 0 aromatic carbocycles. The van der Waals surface area contributed by atoms with Crippen LogP contribution in [0.15, 0.2) is 6.20 Å². The smallest absolute Gasteiger partial charge is 0.161 e. The SMILES string of the molecule is CCCn1ncc(OC)c1C(NC)C1C2CCCC21. The zero-order chi connectivity index (χ0) is 13.4. The van der Waals surface area contributed by atoms with Gasteiger partial charge in [-0.05, 0) is 44.1 Å². The minimum Gasteiger partial charge on any atom is -0.493 e.